The largest absolute Gasteiger partial charge is 0.495 e. The van der Waals surface area contributed by atoms with Crippen LogP contribution in [-0.4, -0.2) is 29.3 Å². The Morgan fingerprint density at radius 1 is 1.23 bits per heavy atom. The zero-order chi connectivity index (χ0) is 16.1. The fourth-order valence-electron chi connectivity index (χ4n) is 1.75. The Bertz CT molecular complexity index is 659. The van der Waals surface area contributed by atoms with E-state index in [1.165, 1.54) is 0 Å². The van der Waals surface area contributed by atoms with E-state index in [0.29, 0.717) is 16.6 Å². The number of ether oxygens (including phenoxy) is 1. The van der Waals surface area contributed by atoms with Crippen LogP contribution in [0.4, 0.5) is 11.5 Å². The molecule has 0 aliphatic carbocycles. The van der Waals surface area contributed by atoms with Gasteiger partial charge in [0.25, 0.3) is 5.91 Å². The molecule has 0 aliphatic rings. The smallest absolute Gasteiger partial charge is 0.271 e. The molecule has 2 rings (SSSR count). The van der Waals surface area contributed by atoms with Gasteiger partial charge in [0.15, 0.2) is 11.5 Å². The van der Waals surface area contributed by atoms with Crippen LogP contribution in [0, 0.1) is 0 Å². The number of anilines is 2. The summed E-state index contributed by atoms with van der Waals surface area (Å²) in [5.41, 5.74) is 1.02. The molecule has 0 spiro atoms. The van der Waals surface area contributed by atoms with Gasteiger partial charge in [0.2, 0.25) is 0 Å². The van der Waals surface area contributed by atoms with E-state index in [9.17, 15) is 4.79 Å². The second kappa shape index (κ2) is 7.09. The maximum Gasteiger partial charge on any atom is 0.271 e. The van der Waals surface area contributed by atoms with Crippen LogP contribution in [0.5, 0.6) is 5.75 Å². The van der Waals surface area contributed by atoms with Crippen molar-refractivity contribution in [2.45, 2.75) is 19.9 Å². The topological polar surface area (TPSA) is 76.1 Å². The van der Waals surface area contributed by atoms with Crippen LogP contribution in [0.15, 0.2) is 30.3 Å². The van der Waals surface area contributed by atoms with Gasteiger partial charge >= 0.3 is 0 Å². The summed E-state index contributed by atoms with van der Waals surface area (Å²) in [7, 11) is 1.56. The monoisotopic (exact) mass is 320 g/mol. The fourth-order valence-corrected chi connectivity index (χ4v) is 2.01. The Morgan fingerprint density at radius 2 is 2.00 bits per heavy atom. The van der Waals surface area contributed by atoms with Crippen LogP contribution in [0.25, 0.3) is 0 Å². The van der Waals surface area contributed by atoms with Crippen molar-refractivity contribution >= 4 is 29.0 Å². The number of amides is 1. The Balaban J connectivity index is 2.08. The maximum atomic E-state index is 11.8. The van der Waals surface area contributed by atoms with Crippen molar-refractivity contribution < 1.29 is 9.53 Å². The van der Waals surface area contributed by atoms with E-state index in [2.05, 4.69) is 20.8 Å². The Kier molecular flexibility index (Phi) is 5.16. The van der Waals surface area contributed by atoms with E-state index >= 15 is 0 Å². The van der Waals surface area contributed by atoms with Crippen LogP contribution in [0.2, 0.25) is 5.02 Å². The van der Waals surface area contributed by atoms with E-state index in [1.54, 1.807) is 31.4 Å². The molecule has 2 N–H and O–H groups in total. The van der Waals surface area contributed by atoms with E-state index < -0.39 is 0 Å². The first-order valence-corrected chi connectivity index (χ1v) is 7.12. The molecule has 22 heavy (non-hydrogen) atoms. The van der Waals surface area contributed by atoms with Crippen LogP contribution in [-0.2, 0) is 0 Å². The number of carbonyl (C=O) groups is 1. The number of nitrogens with one attached hydrogen (secondary N) is 2. The predicted octanol–water partition coefficient (Wildman–Crippen LogP) is 3.02. The number of nitrogens with zero attached hydrogens (tertiary/aromatic N) is 2. The van der Waals surface area contributed by atoms with E-state index in [-0.39, 0.29) is 17.6 Å². The lowest BCUT2D eigenvalue weighted by Gasteiger charge is -2.09. The first-order chi connectivity index (χ1) is 10.5. The van der Waals surface area contributed by atoms with Gasteiger partial charge in [-0.3, -0.25) is 4.79 Å². The van der Waals surface area contributed by atoms with Crippen molar-refractivity contribution in [3.63, 3.8) is 0 Å². The highest BCUT2D eigenvalue weighted by Crippen LogP contribution is 2.28. The summed E-state index contributed by atoms with van der Waals surface area (Å²) in [6.45, 7) is 3.77. The van der Waals surface area contributed by atoms with Gasteiger partial charge < -0.3 is 15.4 Å². The minimum atomic E-state index is -0.249. The molecule has 116 valence electrons. The molecule has 0 atom stereocenters. The molecule has 0 bridgehead atoms. The number of carbonyl (C=O) groups excluding carboxylic acids is 1. The average Bonchev–Trinajstić information content (AvgIpc) is 2.47. The van der Waals surface area contributed by atoms with Gasteiger partial charge in [-0.2, -0.15) is 0 Å². The van der Waals surface area contributed by atoms with Crippen LogP contribution >= 0.6 is 11.6 Å². The number of halogens is 1. The van der Waals surface area contributed by atoms with Gasteiger partial charge in [-0.25, -0.2) is 0 Å². The van der Waals surface area contributed by atoms with Crippen LogP contribution < -0.4 is 15.4 Å². The first kappa shape index (κ1) is 16.0. The molecule has 0 unspecified atom stereocenters. The molecule has 1 aromatic heterocycles. The van der Waals surface area contributed by atoms with Crippen molar-refractivity contribution in [2.24, 2.45) is 0 Å². The highest BCUT2D eigenvalue weighted by Gasteiger charge is 2.09. The lowest BCUT2D eigenvalue weighted by molar-refractivity contribution is 0.0937. The van der Waals surface area contributed by atoms with Crippen molar-refractivity contribution in [1.82, 2.24) is 15.5 Å². The first-order valence-electron chi connectivity index (χ1n) is 6.74. The molecule has 0 aliphatic heterocycles. The second-order valence-electron chi connectivity index (χ2n) is 4.91. The highest BCUT2D eigenvalue weighted by atomic mass is 35.5. The minimum Gasteiger partial charge on any atom is -0.495 e. The number of methoxy groups -OCH3 is 1. The molecule has 2 aromatic rings. The molecular formula is C15H17ClN4O2. The molecule has 1 heterocycles. The van der Waals surface area contributed by atoms with E-state index in [1.807, 2.05) is 19.9 Å². The molecule has 1 amide bonds. The zero-order valence-corrected chi connectivity index (χ0v) is 13.3. The third-order valence-corrected chi connectivity index (χ3v) is 3.04. The van der Waals surface area contributed by atoms with Gasteiger partial charge in [-0.1, -0.05) is 11.6 Å². The summed E-state index contributed by atoms with van der Waals surface area (Å²) in [6.07, 6.45) is 0. The summed E-state index contributed by atoms with van der Waals surface area (Å²) in [5, 5.41) is 14.2. The van der Waals surface area contributed by atoms with Gasteiger partial charge in [-0.15, -0.1) is 10.2 Å². The lowest BCUT2D eigenvalue weighted by Crippen LogP contribution is -2.30. The molecule has 6 nitrogen and oxygen atoms in total. The SMILES string of the molecule is COc1ccc(Nc2ccc(C(=O)NC(C)C)nn2)cc1Cl. The van der Waals surface area contributed by atoms with Gasteiger partial charge in [0.05, 0.1) is 12.1 Å². The summed E-state index contributed by atoms with van der Waals surface area (Å²) in [4.78, 5) is 11.8. The standard InChI is InChI=1S/C15H17ClN4O2/c1-9(2)17-15(21)12-5-7-14(20-19-12)18-10-4-6-13(22-3)11(16)8-10/h4-9H,1-3H3,(H,17,21)(H,18,20). The predicted molar refractivity (Wildman–Crippen MR) is 85.9 cm³/mol. The molecule has 0 radical (unpaired) electrons. The fraction of sp³-hybridized carbons (Fsp3) is 0.267. The Morgan fingerprint density at radius 3 is 2.55 bits per heavy atom. The van der Waals surface area contributed by atoms with Crippen LogP contribution in [0.1, 0.15) is 24.3 Å². The molecule has 7 heteroatoms. The van der Waals surface area contributed by atoms with Gasteiger partial charge in [0.1, 0.15) is 5.75 Å². The lowest BCUT2D eigenvalue weighted by atomic mass is 10.3. The zero-order valence-electron chi connectivity index (χ0n) is 12.6. The minimum absolute atomic E-state index is 0.0496. The van der Waals surface area contributed by atoms with E-state index in [4.69, 9.17) is 16.3 Å². The number of hydrogen-bond donors (Lipinski definition) is 2. The molecule has 0 saturated heterocycles. The van der Waals surface area contributed by atoms with Crippen molar-refractivity contribution in [3.8, 4) is 5.75 Å². The number of aromatic nitrogens is 2. The van der Waals surface area contributed by atoms with Crippen molar-refractivity contribution in [3.05, 3.63) is 41.0 Å². The van der Waals surface area contributed by atoms with Crippen molar-refractivity contribution in [2.75, 3.05) is 12.4 Å². The quantitative estimate of drug-likeness (QED) is 0.885. The average molecular weight is 321 g/mol. The number of rotatable bonds is 5. The third-order valence-electron chi connectivity index (χ3n) is 2.74. The molecular weight excluding hydrogens is 304 g/mol. The number of hydrogen-bond acceptors (Lipinski definition) is 5. The highest BCUT2D eigenvalue weighted by molar-refractivity contribution is 6.32. The van der Waals surface area contributed by atoms with Crippen molar-refractivity contribution in [1.29, 1.82) is 0 Å². The van der Waals surface area contributed by atoms with E-state index in [0.717, 1.165) is 5.69 Å². The summed E-state index contributed by atoms with van der Waals surface area (Å²) >= 11 is 6.06. The van der Waals surface area contributed by atoms with Gasteiger partial charge in [0, 0.05) is 11.7 Å². The summed E-state index contributed by atoms with van der Waals surface area (Å²) in [5.74, 6) is 0.864. The van der Waals surface area contributed by atoms with Crippen LogP contribution in [0.3, 0.4) is 0 Å². The maximum absolute atomic E-state index is 11.8. The Hall–Kier alpha value is -2.34. The molecule has 0 fully saturated rings. The normalized spacial score (nSPS) is 10.4. The van der Waals surface area contributed by atoms with Gasteiger partial charge in [-0.05, 0) is 44.2 Å². The summed E-state index contributed by atoms with van der Waals surface area (Å²) < 4.78 is 5.09. The number of benzene rings is 1. The Labute approximate surface area is 133 Å². The molecule has 1 aromatic carbocycles. The molecule has 0 saturated carbocycles. The summed E-state index contributed by atoms with van der Waals surface area (Å²) in [6, 6.07) is 8.63. The third kappa shape index (κ3) is 4.08. The second-order valence-corrected chi connectivity index (χ2v) is 5.31.